The molecule has 4 N–H and O–H groups in total. The molecule has 0 saturated carbocycles. The first kappa shape index (κ1) is 22.0. The molecular formula is C18H24F2N3O2PS. The van der Waals surface area contributed by atoms with Crippen LogP contribution in [0.25, 0.3) is 11.3 Å². The minimum atomic E-state index is -3.01. The average molecular weight is 415 g/mol. The number of aromatic nitrogens is 1. The van der Waals surface area contributed by atoms with Gasteiger partial charge in [0.15, 0.2) is 0 Å². The molecule has 2 unspecified atom stereocenters. The van der Waals surface area contributed by atoms with Crippen LogP contribution in [0.1, 0.15) is 25.3 Å². The molecule has 5 nitrogen and oxygen atoms in total. The summed E-state index contributed by atoms with van der Waals surface area (Å²) in [5, 5.41) is 13.0. The predicted octanol–water partition coefficient (Wildman–Crippen LogP) is 4.52. The molecule has 9 heteroatoms. The van der Waals surface area contributed by atoms with Gasteiger partial charge in [0.05, 0.1) is 5.69 Å². The Hall–Kier alpha value is -1.31. The van der Waals surface area contributed by atoms with Crippen molar-refractivity contribution in [1.82, 2.24) is 10.3 Å². The molecule has 0 saturated heterocycles. The number of pyridine rings is 1. The fourth-order valence-electron chi connectivity index (χ4n) is 2.46. The molecule has 1 aromatic heterocycles. The lowest BCUT2D eigenvalue weighted by Gasteiger charge is -2.19. The van der Waals surface area contributed by atoms with Crippen molar-refractivity contribution < 1.29 is 18.2 Å². The Morgan fingerprint density at radius 2 is 2.04 bits per heavy atom. The second-order valence-corrected chi connectivity index (χ2v) is 8.45. The first-order valence-electron chi connectivity index (χ1n) is 8.59. The molecule has 0 aliphatic carbocycles. The summed E-state index contributed by atoms with van der Waals surface area (Å²) in [6, 6.07) is 10.6. The number of nitrogens with one attached hydrogen (secondary N) is 1. The van der Waals surface area contributed by atoms with E-state index in [1.54, 1.807) is 18.3 Å². The minimum Gasteiger partial charge on any atom is -0.482 e. The number of aliphatic hydroxyl groups excluding tert-OH is 1. The van der Waals surface area contributed by atoms with Crippen LogP contribution >= 0.6 is 19.1 Å². The van der Waals surface area contributed by atoms with E-state index in [1.807, 2.05) is 31.2 Å². The molecule has 1 aromatic carbocycles. The van der Waals surface area contributed by atoms with Gasteiger partial charge in [-0.05, 0) is 59.8 Å². The van der Waals surface area contributed by atoms with Crippen LogP contribution in [0, 0.1) is 0 Å². The molecule has 0 amide bonds. The number of hydrogen-bond acceptors (Lipinski definition) is 6. The highest BCUT2D eigenvalue weighted by molar-refractivity contribution is 8.52. The zero-order valence-electron chi connectivity index (χ0n) is 15.0. The van der Waals surface area contributed by atoms with E-state index in [1.165, 1.54) is 0 Å². The molecular weight excluding hydrogens is 391 g/mol. The summed E-state index contributed by atoms with van der Waals surface area (Å²) < 4.78 is 29.6. The van der Waals surface area contributed by atoms with Crippen molar-refractivity contribution >= 4 is 19.1 Å². The van der Waals surface area contributed by atoms with Gasteiger partial charge in [-0.3, -0.25) is 10.3 Å². The molecule has 0 fully saturated rings. The van der Waals surface area contributed by atoms with Crippen molar-refractivity contribution in [3.63, 3.8) is 0 Å². The van der Waals surface area contributed by atoms with E-state index in [2.05, 4.69) is 10.3 Å². The van der Waals surface area contributed by atoms with Crippen LogP contribution in [0.15, 0.2) is 42.6 Å². The Morgan fingerprint density at radius 1 is 1.30 bits per heavy atom. The van der Waals surface area contributed by atoms with E-state index in [4.69, 9.17) is 10.5 Å². The Balaban J connectivity index is 1.94. The standard InChI is InChI=1S/C18H24F2N3O2PS/c1-2-3-16(21)18(24)23-11-13-8-9-22-17(10-13)14-4-6-15(7-5-14)25-12-27-26(19)20/h4-10,16,18,23-24H,2-3,11-12,21H2,1H3. The van der Waals surface area contributed by atoms with Crippen molar-refractivity contribution in [3.8, 4) is 17.0 Å². The molecule has 2 aromatic rings. The van der Waals surface area contributed by atoms with Gasteiger partial charge in [-0.1, -0.05) is 13.3 Å². The third-order valence-electron chi connectivity index (χ3n) is 3.89. The van der Waals surface area contributed by atoms with E-state index in [0.29, 0.717) is 23.7 Å². The summed E-state index contributed by atoms with van der Waals surface area (Å²) in [6.45, 7) is 2.50. The van der Waals surface area contributed by atoms with Crippen molar-refractivity contribution in [3.05, 3.63) is 48.2 Å². The topological polar surface area (TPSA) is 80.4 Å². The average Bonchev–Trinajstić information content (AvgIpc) is 2.67. The molecule has 0 aliphatic heterocycles. The second kappa shape index (κ2) is 11.5. The first-order valence-corrected chi connectivity index (χ1v) is 11.3. The number of hydrogen-bond donors (Lipinski definition) is 3. The maximum Gasteiger partial charge on any atom is 0.330 e. The van der Waals surface area contributed by atoms with Crippen LogP contribution in [0.5, 0.6) is 5.75 Å². The number of halogens is 2. The van der Waals surface area contributed by atoms with Gasteiger partial charge >= 0.3 is 7.74 Å². The lowest BCUT2D eigenvalue weighted by atomic mass is 10.1. The maximum atomic E-state index is 12.2. The van der Waals surface area contributed by atoms with E-state index >= 15 is 0 Å². The van der Waals surface area contributed by atoms with Crippen LogP contribution in [-0.4, -0.2) is 28.3 Å². The molecule has 27 heavy (non-hydrogen) atoms. The third-order valence-corrected chi connectivity index (χ3v) is 5.21. The Kier molecular flexibility index (Phi) is 9.38. The quantitative estimate of drug-likeness (QED) is 0.370. The Bertz CT molecular complexity index is 695. The fourth-order valence-corrected chi connectivity index (χ4v) is 3.13. The normalized spacial score (nSPS) is 13.6. The van der Waals surface area contributed by atoms with Gasteiger partial charge in [0.25, 0.3) is 0 Å². The highest BCUT2D eigenvalue weighted by Gasteiger charge is 2.13. The van der Waals surface area contributed by atoms with Crippen LogP contribution in [0.4, 0.5) is 8.39 Å². The van der Waals surface area contributed by atoms with Gasteiger partial charge < -0.3 is 15.6 Å². The first-order chi connectivity index (χ1) is 13.0. The predicted molar refractivity (Wildman–Crippen MR) is 108 cm³/mol. The van der Waals surface area contributed by atoms with E-state index < -0.39 is 14.0 Å². The molecule has 0 radical (unpaired) electrons. The molecule has 1 heterocycles. The summed E-state index contributed by atoms with van der Waals surface area (Å²) in [5.41, 5.74) is 8.53. The zero-order valence-corrected chi connectivity index (χ0v) is 16.7. The number of nitrogens with zero attached hydrogens (tertiary/aromatic N) is 1. The number of benzene rings is 1. The van der Waals surface area contributed by atoms with Crippen LogP contribution in [0.3, 0.4) is 0 Å². The fraction of sp³-hybridized carbons (Fsp3) is 0.389. The van der Waals surface area contributed by atoms with Crippen molar-refractivity contribution in [1.29, 1.82) is 0 Å². The Labute approximate surface area is 163 Å². The SMILES string of the molecule is CCCC(N)C(O)NCc1ccnc(-c2ccc(OCSP(F)F)cc2)c1. The zero-order chi connectivity index (χ0) is 19.6. The molecule has 2 rings (SSSR count). The Morgan fingerprint density at radius 3 is 2.70 bits per heavy atom. The smallest absolute Gasteiger partial charge is 0.330 e. The number of ether oxygens (including phenoxy) is 1. The van der Waals surface area contributed by atoms with Gasteiger partial charge in [0, 0.05) is 24.3 Å². The largest absolute Gasteiger partial charge is 0.482 e. The summed E-state index contributed by atoms with van der Waals surface area (Å²) in [4.78, 5) is 4.36. The van der Waals surface area contributed by atoms with Crippen molar-refractivity contribution in [2.24, 2.45) is 5.73 Å². The van der Waals surface area contributed by atoms with Gasteiger partial charge in [-0.25, -0.2) is 0 Å². The summed E-state index contributed by atoms with van der Waals surface area (Å²) in [5.74, 6) is 0.467. The summed E-state index contributed by atoms with van der Waals surface area (Å²) in [7, 11) is -3.01. The number of aliphatic hydroxyl groups is 1. The lowest BCUT2D eigenvalue weighted by Crippen LogP contribution is -2.44. The number of nitrogens with two attached hydrogens (primary N) is 1. The van der Waals surface area contributed by atoms with Crippen molar-refractivity contribution in [2.45, 2.75) is 38.6 Å². The van der Waals surface area contributed by atoms with Gasteiger partial charge in [-0.15, -0.1) is 0 Å². The van der Waals surface area contributed by atoms with Gasteiger partial charge in [-0.2, -0.15) is 8.39 Å². The van der Waals surface area contributed by atoms with E-state index in [9.17, 15) is 13.5 Å². The van der Waals surface area contributed by atoms with Crippen LogP contribution in [-0.2, 0) is 6.54 Å². The van der Waals surface area contributed by atoms with E-state index in [-0.39, 0.29) is 12.0 Å². The molecule has 2 atom stereocenters. The van der Waals surface area contributed by atoms with Crippen LogP contribution in [0.2, 0.25) is 0 Å². The molecule has 0 spiro atoms. The van der Waals surface area contributed by atoms with Gasteiger partial charge in [0.2, 0.25) is 0 Å². The minimum absolute atomic E-state index is 0.0695. The van der Waals surface area contributed by atoms with Crippen LogP contribution < -0.4 is 15.8 Å². The molecule has 148 valence electrons. The second-order valence-electron chi connectivity index (χ2n) is 5.95. The monoisotopic (exact) mass is 415 g/mol. The highest BCUT2D eigenvalue weighted by Crippen LogP contribution is 2.52. The highest BCUT2D eigenvalue weighted by atomic mass is 32.7. The lowest BCUT2D eigenvalue weighted by molar-refractivity contribution is 0.103. The summed E-state index contributed by atoms with van der Waals surface area (Å²) in [6.07, 6.45) is 2.61. The van der Waals surface area contributed by atoms with Crippen molar-refractivity contribution in [2.75, 3.05) is 5.94 Å². The molecule has 0 aliphatic rings. The number of rotatable bonds is 11. The maximum absolute atomic E-state index is 12.2. The summed E-state index contributed by atoms with van der Waals surface area (Å²) >= 11 is 0.502. The van der Waals surface area contributed by atoms with E-state index in [0.717, 1.165) is 29.7 Å². The molecule has 0 bridgehead atoms. The third kappa shape index (κ3) is 7.68. The van der Waals surface area contributed by atoms with Gasteiger partial charge in [0.1, 0.15) is 17.9 Å².